The summed E-state index contributed by atoms with van der Waals surface area (Å²) in [7, 11) is 1.52. The molecule has 0 spiro atoms. The Morgan fingerprint density at radius 2 is 1.79 bits per heavy atom. The molecule has 24 heavy (non-hydrogen) atoms. The van der Waals surface area contributed by atoms with Gasteiger partial charge in [-0.05, 0) is 56.2 Å². The Bertz CT molecular complexity index is 755. The maximum Gasteiger partial charge on any atom is 0.339 e. The molecular formula is C19H21NO4. The molecule has 0 saturated carbocycles. The van der Waals surface area contributed by atoms with E-state index < -0.39 is 12.1 Å². The van der Waals surface area contributed by atoms with Crippen LogP contribution in [0, 0.1) is 13.8 Å². The fourth-order valence-electron chi connectivity index (χ4n) is 2.15. The molecule has 5 heteroatoms. The molecule has 2 rings (SSSR count). The van der Waals surface area contributed by atoms with Crippen LogP contribution >= 0.6 is 0 Å². The van der Waals surface area contributed by atoms with Crippen molar-refractivity contribution in [1.29, 1.82) is 0 Å². The summed E-state index contributed by atoms with van der Waals surface area (Å²) >= 11 is 0. The van der Waals surface area contributed by atoms with Gasteiger partial charge in [-0.15, -0.1) is 0 Å². The van der Waals surface area contributed by atoms with Gasteiger partial charge < -0.3 is 14.8 Å². The van der Waals surface area contributed by atoms with Crippen molar-refractivity contribution in [3.05, 3.63) is 59.2 Å². The van der Waals surface area contributed by atoms with Crippen molar-refractivity contribution in [3.63, 3.8) is 0 Å². The molecule has 0 radical (unpaired) electrons. The first-order valence-corrected chi connectivity index (χ1v) is 7.64. The molecule has 2 aromatic rings. The number of methoxy groups -OCH3 is 1. The Kier molecular flexibility index (Phi) is 5.58. The van der Waals surface area contributed by atoms with E-state index in [9.17, 15) is 9.59 Å². The summed E-state index contributed by atoms with van der Waals surface area (Å²) in [5.41, 5.74) is 3.11. The van der Waals surface area contributed by atoms with Gasteiger partial charge in [-0.1, -0.05) is 18.2 Å². The van der Waals surface area contributed by atoms with Crippen LogP contribution in [-0.2, 0) is 9.53 Å². The first-order valence-electron chi connectivity index (χ1n) is 7.64. The lowest BCUT2D eigenvalue weighted by atomic mass is 10.1. The van der Waals surface area contributed by atoms with Crippen molar-refractivity contribution in [2.75, 3.05) is 12.4 Å². The van der Waals surface area contributed by atoms with Crippen molar-refractivity contribution in [1.82, 2.24) is 0 Å². The van der Waals surface area contributed by atoms with Crippen LogP contribution in [0.2, 0.25) is 0 Å². The summed E-state index contributed by atoms with van der Waals surface area (Å²) in [5, 5.41) is 2.79. The molecule has 0 bridgehead atoms. The van der Waals surface area contributed by atoms with Crippen molar-refractivity contribution >= 4 is 17.6 Å². The minimum atomic E-state index is -0.913. The van der Waals surface area contributed by atoms with E-state index in [0.29, 0.717) is 17.0 Å². The van der Waals surface area contributed by atoms with Crippen molar-refractivity contribution in [2.45, 2.75) is 26.9 Å². The van der Waals surface area contributed by atoms with E-state index in [0.717, 1.165) is 11.1 Å². The van der Waals surface area contributed by atoms with Gasteiger partial charge >= 0.3 is 5.97 Å². The minimum Gasteiger partial charge on any atom is -0.497 e. The van der Waals surface area contributed by atoms with E-state index >= 15 is 0 Å². The molecule has 0 heterocycles. The molecule has 1 N–H and O–H groups in total. The molecule has 1 amide bonds. The zero-order valence-electron chi connectivity index (χ0n) is 14.3. The topological polar surface area (TPSA) is 64.6 Å². The molecule has 0 fully saturated rings. The number of carbonyl (C=O) groups is 2. The Balaban J connectivity index is 2.03. The molecule has 0 aliphatic heterocycles. The maximum atomic E-state index is 12.3. The third-order valence-electron chi connectivity index (χ3n) is 3.82. The van der Waals surface area contributed by atoms with Gasteiger partial charge in [0, 0.05) is 5.69 Å². The smallest absolute Gasteiger partial charge is 0.339 e. The van der Waals surface area contributed by atoms with Gasteiger partial charge in [0.1, 0.15) is 5.75 Å². The van der Waals surface area contributed by atoms with Crippen LogP contribution in [0.3, 0.4) is 0 Å². The number of ether oxygens (including phenoxy) is 2. The number of anilines is 1. The fourth-order valence-corrected chi connectivity index (χ4v) is 2.15. The Morgan fingerprint density at radius 3 is 2.50 bits per heavy atom. The Morgan fingerprint density at radius 1 is 1.08 bits per heavy atom. The van der Waals surface area contributed by atoms with Crippen LogP contribution in [0.15, 0.2) is 42.5 Å². The fraction of sp³-hybridized carbons (Fsp3) is 0.263. The molecule has 0 aliphatic rings. The first kappa shape index (κ1) is 17.5. The molecule has 0 aromatic heterocycles. The Hall–Kier alpha value is -2.82. The van der Waals surface area contributed by atoms with Crippen LogP contribution in [0.25, 0.3) is 0 Å². The summed E-state index contributed by atoms with van der Waals surface area (Å²) in [5.74, 6) is -0.394. The number of carbonyl (C=O) groups excluding carboxylic acids is 2. The van der Waals surface area contributed by atoms with E-state index in [1.165, 1.54) is 7.11 Å². The third-order valence-corrected chi connectivity index (χ3v) is 3.82. The summed E-state index contributed by atoms with van der Waals surface area (Å²) in [4.78, 5) is 24.4. The van der Waals surface area contributed by atoms with Gasteiger partial charge in [-0.3, -0.25) is 4.79 Å². The van der Waals surface area contributed by atoms with E-state index in [2.05, 4.69) is 5.32 Å². The highest BCUT2D eigenvalue weighted by Crippen LogP contribution is 2.19. The summed E-state index contributed by atoms with van der Waals surface area (Å²) < 4.78 is 10.3. The number of esters is 1. The van der Waals surface area contributed by atoms with Crippen LogP contribution in [0.1, 0.15) is 28.4 Å². The molecule has 1 unspecified atom stereocenters. The summed E-state index contributed by atoms with van der Waals surface area (Å²) in [6.07, 6.45) is -0.913. The predicted octanol–water partition coefficient (Wildman–Crippen LogP) is 3.50. The highest BCUT2D eigenvalue weighted by atomic mass is 16.5. The Labute approximate surface area is 141 Å². The minimum absolute atomic E-state index is 0.334. The summed E-state index contributed by atoms with van der Waals surface area (Å²) in [6.45, 7) is 5.44. The van der Waals surface area contributed by atoms with Crippen LogP contribution in [0.4, 0.5) is 5.69 Å². The van der Waals surface area contributed by atoms with E-state index in [1.807, 2.05) is 32.0 Å². The highest BCUT2D eigenvalue weighted by molar-refractivity contribution is 5.97. The molecule has 2 aromatic carbocycles. The second kappa shape index (κ2) is 7.64. The number of benzene rings is 2. The lowest BCUT2D eigenvalue weighted by Gasteiger charge is -2.15. The standard InChI is InChI=1S/C19H21NO4/c1-12-7-5-10-17(13(12)2)20-18(21)14(3)24-19(22)15-8-6-9-16(11-15)23-4/h5-11,14H,1-4H3,(H,20,21). The quantitative estimate of drug-likeness (QED) is 0.854. The van der Waals surface area contributed by atoms with Crippen LogP contribution in [-0.4, -0.2) is 25.1 Å². The van der Waals surface area contributed by atoms with Gasteiger partial charge in [0.25, 0.3) is 5.91 Å². The average molecular weight is 327 g/mol. The van der Waals surface area contributed by atoms with E-state index in [4.69, 9.17) is 9.47 Å². The molecule has 0 saturated heterocycles. The summed E-state index contributed by atoms with van der Waals surface area (Å²) in [6, 6.07) is 12.3. The van der Waals surface area contributed by atoms with Crippen molar-refractivity contribution in [3.8, 4) is 5.75 Å². The first-order chi connectivity index (χ1) is 11.4. The number of hydrogen-bond donors (Lipinski definition) is 1. The lowest BCUT2D eigenvalue weighted by Crippen LogP contribution is -2.30. The lowest BCUT2D eigenvalue weighted by molar-refractivity contribution is -0.123. The van der Waals surface area contributed by atoms with Crippen molar-refractivity contribution < 1.29 is 19.1 Å². The second-order valence-electron chi connectivity index (χ2n) is 5.52. The number of hydrogen-bond acceptors (Lipinski definition) is 4. The molecule has 126 valence electrons. The second-order valence-corrected chi connectivity index (χ2v) is 5.52. The van der Waals surface area contributed by atoms with Crippen LogP contribution < -0.4 is 10.1 Å². The zero-order valence-corrected chi connectivity index (χ0v) is 14.3. The van der Waals surface area contributed by atoms with Crippen LogP contribution in [0.5, 0.6) is 5.75 Å². The van der Waals surface area contributed by atoms with E-state index in [-0.39, 0.29) is 5.91 Å². The molecular weight excluding hydrogens is 306 g/mol. The molecule has 1 atom stereocenters. The molecule has 0 aliphatic carbocycles. The van der Waals surface area contributed by atoms with Crippen molar-refractivity contribution in [2.24, 2.45) is 0 Å². The van der Waals surface area contributed by atoms with Gasteiger partial charge in [0.2, 0.25) is 0 Å². The third kappa shape index (κ3) is 4.13. The van der Waals surface area contributed by atoms with Gasteiger partial charge in [-0.2, -0.15) is 0 Å². The zero-order chi connectivity index (χ0) is 17.7. The number of aryl methyl sites for hydroxylation is 1. The van der Waals surface area contributed by atoms with Gasteiger partial charge in [0.15, 0.2) is 6.10 Å². The van der Waals surface area contributed by atoms with Gasteiger partial charge in [-0.25, -0.2) is 4.79 Å². The number of rotatable bonds is 5. The number of amides is 1. The average Bonchev–Trinajstić information content (AvgIpc) is 2.58. The maximum absolute atomic E-state index is 12.3. The highest BCUT2D eigenvalue weighted by Gasteiger charge is 2.20. The largest absolute Gasteiger partial charge is 0.497 e. The monoisotopic (exact) mass is 327 g/mol. The molecule has 5 nitrogen and oxygen atoms in total. The SMILES string of the molecule is COc1cccc(C(=O)OC(C)C(=O)Nc2cccc(C)c2C)c1. The number of nitrogens with one attached hydrogen (secondary N) is 1. The van der Waals surface area contributed by atoms with E-state index in [1.54, 1.807) is 31.2 Å². The normalized spacial score (nSPS) is 11.5. The predicted molar refractivity (Wildman–Crippen MR) is 92.4 cm³/mol. The van der Waals surface area contributed by atoms with Gasteiger partial charge in [0.05, 0.1) is 12.7 Å².